The molecule has 0 bridgehead atoms. The van der Waals surface area contributed by atoms with Crippen molar-refractivity contribution in [2.75, 3.05) is 0 Å². The third-order valence-electron chi connectivity index (χ3n) is 5.16. The van der Waals surface area contributed by atoms with Crippen LogP contribution in [0.15, 0.2) is 24.3 Å². The van der Waals surface area contributed by atoms with E-state index in [2.05, 4.69) is 13.8 Å². The van der Waals surface area contributed by atoms with E-state index in [-0.39, 0.29) is 17.9 Å². The fraction of sp³-hybridized carbons (Fsp3) is 0.680. The molecule has 4 heteroatoms. The molecular formula is C25H40O4. The van der Waals surface area contributed by atoms with E-state index >= 15 is 0 Å². The Kier molecular flexibility index (Phi) is 13.9. The van der Waals surface area contributed by atoms with E-state index < -0.39 is 0 Å². The maximum Gasteiger partial charge on any atom is 0.314 e. The topological polar surface area (TPSA) is 52.6 Å². The molecule has 164 valence electrons. The highest BCUT2D eigenvalue weighted by Crippen LogP contribution is 2.28. The molecule has 0 heterocycles. The molecule has 0 aromatic heterocycles. The molecule has 1 aromatic carbocycles. The summed E-state index contributed by atoms with van der Waals surface area (Å²) >= 11 is 0. The molecule has 0 aliphatic carbocycles. The molecule has 4 nitrogen and oxygen atoms in total. The standard InChI is InChI=1S/C25H40O4/c1-4-6-8-10-12-13-17-21(3)25(27)29-23-19-16-15-18-22(23)28-24(26)20-14-11-9-7-5-2/h15-16,18-19,21H,4-14,17,20H2,1-3H3. The van der Waals surface area contributed by atoms with Gasteiger partial charge in [0.2, 0.25) is 0 Å². The summed E-state index contributed by atoms with van der Waals surface area (Å²) in [6.45, 7) is 6.28. The van der Waals surface area contributed by atoms with E-state index in [9.17, 15) is 9.59 Å². The van der Waals surface area contributed by atoms with Crippen LogP contribution in [0, 0.1) is 5.92 Å². The van der Waals surface area contributed by atoms with Gasteiger partial charge >= 0.3 is 11.9 Å². The number of benzene rings is 1. The summed E-state index contributed by atoms with van der Waals surface area (Å²) in [5, 5.41) is 0. The third kappa shape index (κ3) is 11.7. The molecule has 0 spiro atoms. The average Bonchev–Trinajstić information content (AvgIpc) is 2.71. The number of unbranched alkanes of at least 4 members (excludes halogenated alkanes) is 9. The summed E-state index contributed by atoms with van der Waals surface area (Å²) in [6.07, 6.45) is 13.8. The largest absolute Gasteiger partial charge is 0.423 e. The van der Waals surface area contributed by atoms with Gasteiger partial charge in [0.05, 0.1) is 5.92 Å². The predicted octanol–water partition coefficient (Wildman–Crippen LogP) is 7.24. The molecule has 1 unspecified atom stereocenters. The van der Waals surface area contributed by atoms with Crippen LogP contribution < -0.4 is 9.47 Å². The molecule has 0 aliphatic heterocycles. The Hall–Kier alpha value is -1.84. The molecule has 0 N–H and O–H groups in total. The van der Waals surface area contributed by atoms with E-state index in [0.29, 0.717) is 17.9 Å². The average molecular weight is 405 g/mol. The number of rotatable bonds is 16. The first-order valence-electron chi connectivity index (χ1n) is 11.6. The predicted molar refractivity (Wildman–Crippen MR) is 118 cm³/mol. The van der Waals surface area contributed by atoms with Crippen LogP contribution in [0.5, 0.6) is 11.5 Å². The summed E-state index contributed by atoms with van der Waals surface area (Å²) in [5.74, 6) is -0.0481. The van der Waals surface area contributed by atoms with Gasteiger partial charge in [0, 0.05) is 6.42 Å². The van der Waals surface area contributed by atoms with E-state index in [1.807, 2.05) is 6.92 Å². The van der Waals surface area contributed by atoms with Crippen molar-refractivity contribution in [1.29, 1.82) is 0 Å². The van der Waals surface area contributed by atoms with Crippen molar-refractivity contribution in [1.82, 2.24) is 0 Å². The Bertz CT molecular complexity index is 582. The normalized spacial score (nSPS) is 11.8. The molecule has 1 atom stereocenters. The number of hydrogen-bond acceptors (Lipinski definition) is 4. The second-order valence-electron chi connectivity index (χ2n) is 7.96. The van der Waals surface area contributed by atoms with Crippen LogP contribution in [0.25, 0.3) is 0 Å². The minimum Gasteiger partial charge on any atom is -0.423 e. The summed E-state index contributed by atoms with van der Waals surface area (Å²) in [6, 6.07) is 6.92. The van der Waals surface area contributed by atoms with Crippen LogP contribution in [-0.2, 0) is 9.59 Å². The van der Waals surface area contributed by atoms with Gasteiger partial charge in [-0.1, -0.05) is 97.1 Å². The van der Waals surface area contributed by atoms with E-state index in [1.54, 1.807) is 24.3 Å². The fourth-order valence-electron chi connectivity index (χ4n) is 3.22. The highest BCUT2D eigenvalue weighted by atomic mass is 16.6. The molecule has 29 heavy (non-hydrogen) atoms. The van der Waals surface area contributed by atoms with Crippen molar-refractivity contribution in [2.45, 2.75) is 104 Å². The van der Waals surface area contributed by atoms with Crippen LogP contribution in [0.3, 0.4) is 0 Å². The van der Waals surface area contributed by atoms with Crippen molar-refractivity contribution in [3.8, 4) is 11.5 Å². The number of esters is 2. The lowest BCUT2D eigenvalue weighted by Crippen LogP contribution is -2.18. The summed E-state index contributed by atoms with van der Waals surface area (Å²) in [7, 11) is 0. The van der Waals surface area contributed by atoms with Crippen LogP contribution in [0.2, 0.25) is 0 Å². The molecule has 1 aromatic rings. The monoisotopic (exact) mass is 404 g/mol. The first-order chi connectivity index (χ1) is 14.1. The first kappa shape index (κ1) is 25.2. The van der Waals surface area contributed by atoms with Gasteiger partial charge in [0.25, 0.3) is 0 Å². The summed E-state index contributed by atoms with van der Waals surface area (Å²) < 4.78 is 11.0. The first-order valence-corrected chi connectivity index (χ1v) is 11.6. The van der Waals surface area contributed by atoms with Gasteiger partial charge in [-0.05, 0) is 25.0 Å². The van der Waals surface area contributed by atoms with E-state index in [0.717, 1.165) is 38.5 Å². The number of carbonyl (C=O) groups excluding carboxylic acids is 2. The molecule has 0 saturated carbocycles. The van der Waals surface area contributed by atoms with Crippen molar-refractivity contribution in [3.63, 3.8) is 0 Å². The van der Waals surface area contributed by atoms with Crippen molar-refractivity contribution in [3.05, 3.63) is 24.3 Å². The Labute approximate surface area is 177 Å². The van der Waals surface area contributed by atoms with Crippen molar-refractivity contribution in [2.24, 2.45) is 5.92 Å². The van der Waals surface area contributed by atoms with Gasteiger partial charge in [-0.15, -0.1) is 0 Å². The maximum atomic E-state index is 12.4. The molecule has 0 amide bonds. The van der Waals surface area contributed by atoms with Gasteiger partial charge in [0.1, 0.15) is 0 Å². The van der Waals surface area contributed by atoms with Crippen molar-refractivity contribution >= 4 is 11.9 Å². The number of hydrogen-bond donors (Lipinski definition) is 0. The molecule has 0 fully saturated rings. The molecule has 0 saturated heterocycles. The summed E-state index contributed by atoms with van der Waals surface area (Å²) in [4.78, 5) is 24.5. The molecule has 0 aliphatic rings. The number of para-hydroxylation sites is 2. The Morgan fingerprint density at radius 1 is 0.759 bits per heavy atom. The second kappa shape index (κ2) is 16.0. The highest BCUT2D eigenvalue weighted by Gasteiger charge is 2.18. The minimum absolute atomic E-state index is 0.163. The molecular weight excluding hydrogens is 364 g/mol. The van der Waals surface area contributed by atoms with E-state index in [4.69, 9.17) is 9.47 Å². The second-order valence-corrected chi connectivity index (χ2v) is 7.96. The highest BCUT2D eigenvalue weighted by molar-refractivity contribution is 5.77. The smallest absolute Gasteiger partial charge is 0.314 e. The van der Waals surface area contributed by atoms with Gasteiger partial charge < -0.3 is 9.47 Å². The zero-order chi connectivity index (χ0) is 21.3. The Morgan fingerprint density at radius 3 is 1.90 bits per heavy atom. The Balaban J connectivity index is 2.41. The van der Waals surface area contributed by atoms with Crippen LogP contribution >= 0.6 is 0 Å². The summed E-state index contributed by atoms with van der Waals surface area (Å²) in [5.41, 5.74) is 0. The van der Waals surface area contributed by atoms with Crippen LogP contribution in [0.4, 0.5) is 0 Å². The number of carbonyl (C=O) groups is 2. The lowest BCUT2D eigenvalue weighted by atomic mass is 10.0. The zero-order valence-electron chi connectivity index (χ0n) is 18.7. The van der Waals surface area contributed by atoms with Gasteiger partial charge in [-0.3, -0.25) is 9.59 Å². The molecule has 1 rings (SSSR count). The SMILES string of the molecule is CCCCCCCCC(C)C(=O)Oc1ccccc1OC(=O)CCCCCCC. The zero-order valence-corrected chi connectivity index (χ0v) is 18.7. The Morgan fingerprint density at radius 2 is 1.28 bits per heavy atom. The third-order valence-corrected chi connectivity index (χ3v) is 5.16. The van der Waals surface area contributed by atoms with Crippen molar-refractivity contribution < 1.29 is 19.1 Å². The quantitative estimate of drug-likeness (QED) is 0.165. The van der Waals surface area contributed by atoms with E-state index in [1.165, 1.54) is 38.5 Å². The maximum absolute atomic E-state index is 12.4. The lowest BCUT2D eigenvalue weighted by molar-refractivity contribution is -0.140. The fourth-order valence-corrected chi connectivity index (χ4v) is 3.22. The van der Waals surface area contributed by atoms with Gasteiger partial charge in [-0.25, -0.2) is 0 Å². The molecule has 0 radical (unpaired) electrons. The van der Waals surface area contributed by atoms with Gasteiger partial charge in [0.15, 0.2) is 11.5 Å². The minimum atomic E-state index is -0.273. The van der Waals surface area contributed by atoms with Crippen LogP contribution in [0.1, 0.15) is 104 Å². The lowest BCUT2D eigenvalue weighted by Gasteiger charge is -2.14. The number of ether oxygens (including phenoxy) is 2. The van der Waals surface area contributed by atoms with Crippen LogP contribution in [-0.4, -0.2) is 11.9 Å². The van der Waals surface area contributed by atoms with Gasteiger partial charge in [-0.2, -0.15) is 0 Å².